The van der Waals surface area contributed by atoms with Crippen molar-refractivity contribution in [1.29, 1.82) is 0 Å². The lowest BCUT2D eigenvalue weighted by Crippen LogP contribution is -2.09. The second-order valence-corrected chi connectivity index (χ2v) is 4.50. The summed E-state index contributed by atoms with van der Waals surface area (Å²) in [6, 6.07) is 16.9. The van der Waals surface area contributed by atoms with E-state index in [0.29, 0.717) is 0 Å². The molecule has 0 saturated carbocycles. The molecule has 3 heteroatoms. The molecule has 0 bridgehead atoms. The summed E-state index contributed by atoms with van der Waals surface area (Å²) in [4.78, 5) is 0. The van der Waals surface area contributed by atoms with Gasteiger partial charge in [0.05, 0.1) is 0 Å². The first-order valence-corrected chi connectivity index (χ1v) is 6.36. The number of hydrogen-bond donors (Lipinski definition) is 1. The molecule has 0 fully saturated rings. The van der Waals surface area contributed by atoms with Crippen LogP contribution in [0, 0.1) is 5.82 Å². The Morgan fingerprint density at radius 2 is 1.74 bits per heavy atom. The minimum absolute atomic E-state index is 0.207. The smallest absolute Gasteiger partial charge is 0.123 e. The first kappa shape index (κ1) is 11.8. The highest BCUT2D eigenvalue weighted by Crippen LogP contribution is 2.15. The molecule has 1 aromatic heterocycles. The maximum absolute atomic E-state index is 12.8. The van der Waals surface area contributed by atoms with Crippen LogP contribution in [0.2, 0.25) is 0 Å². The molecule has 0 atom stereocenters. The van der Waals surface area contributed by atoms with E-state index in [-0.39, 0.29) is 5.82 Å². The largest absolute Gasteiger partial charge is 0.383 e. The lowest BCUT2D eigenvalue weighted by molar-refractivity contribution is 0.628. The van der Waals surface area contributed by atoms with Gasteiger partial charge in [0.25, 0.3) is 0 Å². The van der Waals surface area contributed by atoms with Crippen molar-refractivity contribution in [3.05, 3.63) is 66.6 Å². The van der Waals surface area contributed by atoms with Crippen molar-refractivity contribution in [1.82, 2.24) is 4.57 Å². The number of para-hydroxylation sites is 1. The van der Waals surface area contributed by atoms with Crippen LogP contribution >= 0.6 is 0 Å². The SMILES string of the molecule is Fc1ccc(NCCn2ccc3ccccc32)cc1. The predicted molar refractivity (Wildman–Crippen MR) is 76.8 cm³/mol. The fraction of sp³-hybridized carbons (Fsp3) is 0.125. The number of hydrogen-bond acceptors (Lipinski definition) is 1. The van der Waals surface area contributed by atoms with Gasteiger partial charge in [-0.2, -0.15) is 0 Å². The molecule has 96 valence electrons. The van der Waals surface area contributed by atoms with Crippen LogP contribution in [0.4, 0.5) is 10.1 Å². The van der Waals surface area contributed by atoms with Crippen molar-refractivity contribution in [3.63, 3.8) is 0 Å². The van der Waals surface area contributed by atoms with Crippen LogP contribution in [0.25, 0.3) is 10.9 Å². The van der Waals surface area contributed by atoms with Gasteiger partial charge in [0.2, 0.25) is 0 Å². The Bertz CT molecular complexity index is 671. The number of aromatic nitrogens is 1. The van der Waals surface area contributed by atoms with E-state index in [0.717, 1.165) is 18.8 Å². The molecule has 1 heterocycles. The molecule has 0 amide bonds. The van der Waals surface area contributed by atoms with E-state index in [1.165, 1.54) is 23.0 Å². The molecule has 3 rings (SSSR count). The highest BCUT2D eigenvalue weighted by atomic mass is 19.1. The van der Waals surface area contributed by atoms with Gasteiger partial charge in [-0.25, -0.2) is 4.39 Å². The summed E-state index contributed by atoms with van der Waals surface area (Å²) in [6.45, 7) is 1.69. The maximum Gasteiger partial charge on any atom is 0.123 e. The van der Waals surface area contributed by atoms with E-state index in [1.807, 2.05) is 12.1 Å². The molecule has 19 heavy (non-hydrogen) atoms. The Kier molecular flexibility index (Phi) is 3.19. The molecule has 1 N–H and O–H groups in total. The predicted octanol–water partition coefficient (Wildman–Crippen LogP) is 3.89. The molecule has 3 aromatic rings. The second-order valence-electron chi connectivity index (χ2n) is 4.50. The standard InChI is InChI=1S/C16H15FN2/c17-14-5-7-15(8-6-14)18-10-12-19-11-9-13-3-1-2-4-16(13)19/h1-9,11,18H,10,12H2. The molecule has 0 radical (unpaired) electrons. The Labute approximate surface area is 111 Å². The first-order chi connectivity index (χ1) is 9.33. The van der Waals surface area contributed by atoms with E-state index in [1.54, 1.807) is 12.1 Å². The van der Waals surface area contributed by atoms with E-state index in [2.05, 4.69) is 34.3 Å². The maximum atomic E-state index is 12.8. The second kappa shape index (κ2) is 5.14. The fourth-order valence-corrected chi connectivity index (χ4v) is 2.22. The summed E-state index contributed by atoms with van der Waals surface area (Å²) in [7, 11) is 0. The first-order valence-electron chi connectivity index (χ1n) is 6.36. The Morgan fingerprint density at radius 1 is 0.947 bits per heavy atom. The molecule has 0 saturated heterocycles. The van der Waals surface area contributed by atoms with E-state index >= 15 is 0 Å². The van der Waals surface area contributed by atoms with Crippen LogP contribution in [-0.2, 0) is 6.54 Å². The molecule has 2 nitrogen and oxygen atoms in total. The number of rotatable bonds is 4. The summed E-state index contributed by atoms with van der Waals surface area (Å²) in [6.07, 6.45) is 2.09. The Balaban J connectivity index is 1.65. The minimum atomic E-state index is -0.207. The molecule has 0 spiro atoms. The highest BCUT2D eigenvalue weighted by Gasteiger charge is 1.99. The molecule has 0 aliphatic carbocycles. The Hall–Kier alpha value is -2.29. The van der Waals surface area contributed by atoms with Crippen LogP contribution in [0.3, 0.4) is 0 Å². The molecular formula is C16H15FN2. The molecular weight excluding hydrogens is 239 g/mol. The van der Waals surface area contributed by atoms with Gasteiger partial charge in [0.1, 0.15) is 5.82 Å². The van der Waals surface area contributed by atoms with E-state index in [9.17, 15) is 4.39 Å². The number of nitrogens with zero attached hydrogens (tertiary/aromatic N) is 1. The summed E-state index contributed by atoms with van der Waals surface area (Å²) < 4.78 is 15.0. The zero-order valence-electron chi connectivity index (χ0n) is 10.5. The molecule has 0 unspecified atom stereocenters. The van der Waals surface area contributed by atoms with Crippen LogP contribution in [-0.4, -0.2) is 11.1 Å². The molecule has 0 aliphatic rings. The number of anilines is 1. The topological polar surface area (TPSA) is 17.0 Å². The van der Waals surface area contributed by atoms with Crippen LogP contribution in [0.1, 0.15) is 0 Å². The lowest BCUT2D eigenvalue weighted by Gasteiger charge is -2.08. The number of fused-ring (bicyclic) bond motifs is 1. The van der Waals surface area contributed by atoms with Gasteiger partial charge in [-0.3, -0.25) is 0 Å². The fourth-order valence-electron chi connectivity index (χ4n) is 2.22. The van der Waals surface area contributed by atoms with Crippen molar-refractivity contribution < 1.29 is 4.39 Å². The van der Waals surface area contributed by atoms with Gasteiger partial charge in [0, 0.05) is 30.5 Å². The normalized spacial score (nSPS) is 10.8. The monoisotopic (exact) mass is 254 g/mol. The van der Waals surface area contributed by atoms with Crippen LogP contribution in [0.15, 0.2) is 60.8 Å². The van der Waals surface area contributed by atoms with Gasteiger partial charge < -0.3 is 9.88 Å². The van der Waals surface area contributed by atoms with Gasteiger partial charge in [-0.05, 0) is 41.8 Å². The van der Waals surface area contributed by atoms with Crippen molar-refractivity contribution in [2.24, 2.45) is 0 Å². The average Bonchev–Trinajstić information content (AvgIpc) is 2.85. The summed E-state index contributed by atoms with van der Waals surface area (Å²) in [5.41, 5.74) is 2.18. The third kappa shape index (κ3) is 2.60. The Morgan fingerprint density at radius 3 is 2.58 bits per heavy atom. The minimum Gasteiger partial charge on any atom is -0.383 e. The summed E-state index contributed by atoms with van der Waals surface area (Å²) in [5.74, 6) is -0.207. The highest BCUT2D eigenvalue weighted by molar-refractivity contribution is 5.79. The van der Waals surface area contributed by atoms with Crippen molar-refractivity contribution >= 4 is 16.6 Å². The summed E-state index contributed by atoms with van der Waals surface area (Å²) >= 11 is 0. The zero-order valence-corrected chi connectivity index (χ0v) is 10.5. The number of halogens is 1. The lowest BCUT2D eigenvalue weighted by atomic mass is 10.2. The average molecular weight is 254 g/mol. The van der Waals surface area contributed by atoms with Crippen LogP contribution < -0.4 is 5.32 Å². The van der Waals surface area contributed by atoms with Crippen molar-refractivity contribution in [3.8, 4) is 0 Å². The number of nitrogens with one attached hydrogen (secondary N) is 1. The van der Waals surface area contributed by atoms with Gasteiger partial charge in [-0.1, -0.05) is 18.2 Å². The van der Waals surface area contributed by atoms with Crippen molar-refractivity contribution in [2.75, 3.05) is 11.9 Å². The molecule has 0 aliphatic heterocycles. The van der Waals surface area contributed by atoms with E-state index < -0.39 is 0 Å². The van der Waals surface area contributed by atoms with E-state index in [4.69, 9.17) is 0 Å². The quantitative estimate of drug-likeness (QED) is 0.747. The van der Waals surface area contributed by atoms with Gasteiger partial charge >= 0.3 is 0 Å². The number of benzene rings is 2. The summed E-state index contributed by atoms with van der Waals surface area (Å²) in [5, 5.41) is 4.54. The third-order valence-corrected chi connectivity index (χ3v) is 3.21. The molecule has 2 aromatic carbocycles. The van der Waals surface area contributed by atoms with Gasteiger partial charge in [0.15, 0.2) is 0 Å². The van der Waals surface area contributed by atoms with Gasteiger partial charge in [-0.15, -0.1) is 0 Å². The van der Waals surface area contributed by atoms with Crippen LogP contribution in [0.5, 0.6) is 0 Å². The van der Waals surface area contributed by atoms with Crippen molar-refractivity contribution in [2.45, 2.75) is 6.54 Å². The zero-order chi connectivity index (χ0) is 13.1. The third-order valence-electron chi connectivity index (χ3n) is 3.21.